The minimum absolute atomic E-state index is 0.0269. The molecule has 3 rings (SSSR count). The minimum Gasteiger partial charge on any atom is -0.497 e. The predicted molar refractivity (Wildman–Crippen MR) is 96.3 cm³/mol. The van der Waals surface area contributed by atoms with Crippen molar-refractivity contribution in [3.8, 4) is 5.75 Å². The van der Waals surface area contributed by atoms with E-state index in [4.69, 9.17) is 4.74 Å². The summed E-state index contributed by atoms with van der Waals surface area (Å²) >= 11 is 3.38. The van der Waals surface area contributed by atoms with Gasteiger partial charge in [-0.25, -0.2) is 4.57 Å². The normalized spacial score (nSPS) is 10.4. The summed E-state index contributed by atoms with van der Waals surface area (Å²) in [7, 11) is 1.66. The van der Waals surface area contributed by atoms with Gasteiger partial charge in [0.15, 0.2) is 24.7 Å². The van der Waals surface area contributed by atoms with Crippen LogP contribution in [0.2, 0.25) is 0 Å². The fourth-order valence-electron chi connectivity index (χ4n) is 2.42. The summed E-state index contributed by atoms with van der Waals surface area (Å²) in [6, 6.07) is 19.1. The van der Waals surface area contributed by atoms with Crippen LogP contribution in [0, 0.1) is 0 Å². The molecule has 0 aliphatic heterocycles. The number of ketones is 1. The van der Waals surface area contributed by atoms with E-state index in [1.54, 1.807) is 7.11 Å². The average Bonchev–Trinajstić information content (AvgIpc) is 2.63. The van der Waals surface area contributed by atoms with Gasteiger partial charge in [0.25, 0.3) is 0 Å². The van der Waals surface area contributed by atoms with Gasteiger partial charge in [0, 0.05) is 33.3 Å². The van der Waals surface area contributed by atoms with Crippen molar-refractivity contribution < 1.29 is 14.1 Å². The molecule has 0 aliphatic rings. The molecular weight excluding hydrogens is 366 g/mol. The van der Waals surface area contributed by atoms with E-state index in [9.17, 15) is 4.79 Å². The molecule has 0 spiro atoms. The summed E-state index contributed by atoms with van der Waals surface area (Å²) in [5.41, 5.74) is 2.54. The molecule has 3 aromatic rings. The molecule has 2 aromatic carbocycles. The Morgan fingerprint density at radius 3 is 2.08 bits per heavy atom. The molecule has 0 atom stereocenters. The third-order valence-electron chi connectivity index (χ3n) is 3.78. The van der Waals surface area contributed by atoms with Gasteiger partial charge in [0.2, 0.25) is 0 Å². The third kappa shape index (κ3) is 3.89. The van der Waals surface area contributed by atoms with Crippen LogP contribution in [0.3, 0.4) is 0 Å². The average molecular weight is 383 g/mol. The Labute approximate surface area is 149 Å². The number of ether oxygens (including phenoxy) is 1. The van der Waals surface area contributed by atoms with Gasteiger partial charge >= 0.3 is 0 Å². The Morgan fingerprint density at radius 2 is 1.50 bits per heavy atom. The number of halogens is 1. The monoisotopic (exact) mass is 382 g/mol. The van der Waals surface area contributed by atoms with Crippen LogP contribution in [0.15, 0.2) is 77.5 Å². The molecule has 0 saturated heterocycles. The molecule has 1 heterocycles. The maximum absolute atomic E-state index is 12.5. The minimum atomic E-state index is 0.0269. The Hall–Kier alpha value is -2.46. The van der Waals surface area contributed by atoms with Crippen LogP contribution in [0.4, 0.5) is 0 Å². The van der Waals surface area contributed by atoms with Gasteiger partial charge in [-0.3, -0.25) is 4.79 Å². The van der Waals surface area contributed by atoms with Gasteiger partial charge in [0.05, 0.1) is 7.11 Å². The molecule has 0 N–H and O–H groups in total. The van der Waals surface area contributed by atoms with E-state index < -0.39 is 0 Å². The standard InChI is InChI=1S/C20H17BrNO2/c1-24-19-8-2-15(3-9-19)14-22-12-10-17(11-13-22)20(23)16-4-6-18(21)7-5-16/h2-13H,14H2,1H3/q+1. The van der Waals surface area contributed by atoms with Crippen LogP contribution in [0.5, 0.6) is 5.75 Å². The van der Waals surface area contributed by atoms with E-state index in [1.165, 1.54) is 5.56 Å². The molecule has 0 unspecified atom stereocenters. The molecule has 0 radical (unpaired) electrons. The zero-order chi connectivity index (χ0) is 16.9. The van der Waals surface area contributed by atoms with Crippen LogP contribution >= 0.6 is 15.9 Å². The zero-order valence-electron chi connectivity index (χ0n) is 13.3. The second-order valence-corrected chi connectivity index (χ2v) is 6.36. The number of carbonyl (C=O) groups is 1. The Bertz CT molecular complexity index is 825. The van der Waals surface area contributed by atoms with Crippen LogP contribution in [-0.4, -0.2) is 12.9 Å². The molecule has 4 heteroatoms. The number of hydrogen-bond donors (Lipinski definition) is 0. The number of rotatable bonds is 5. The lowest BCUT2D eigenvalue weighted by Crippen LogP contribution is -2.33. The molecule has 0 saturated carbocycles. The van der Waals surface area contributed by atoms with Gasteiger partial charge in [-0.2, -0.15) is 0 Å². The highest BCUT2D eigenvalue weighted by Crippen LogP contribution is 2.14. The van der Waals surface area contributed by atoms with Crippen molar-refractivity contribution in [2.24, 2.45) is 0 Å². The first-order valence-electron chi connectivity index (χ1n) is 7.58. The Kier molecular flexibility index (Phi) is 5.06. The summed E-state index contributed by atoms with van der Waals surface area (Å²) < 4.78 is 8.17. The number of methoxy groups -OCH3 is 1. The van der Waals surface area contributed by atoms with Crippen molar-refractivity contribution in [2.75, 3.05) is 7.11 Å². The van der Waals surface area contributed by atoms with Gasteiger partial charge in [-0.05, 0) is 48.5 Å². The van der Waals surface area contributed by atoms with Crippen LogP contribution in [0.1, 0.15) is 21.5 Å². The van der Waals surface area contributed by atoms with Crippen molar-refractivity contribution in [3.63, 3.8) is 0 Å². The number of carbonyl (C=O) groups excluding carboxylic acids is 1. The van der Waals surface area contributed by atoms with Gasteiger partial charge in [-0.15, -0.1) is 0 Å². The van der Waals surface area contributed by atoms with Gasteiger partial charge in [-0.1, -0.05) is 15.9 Å². The molecule has 0 aliphatic carbocycles. The lowest BCUT2D eigenvalue weighted by molar-refractivity contribution is -0.688. The number of pyridine rings is 1. The second kappa shape index (κ2) is 7.41. The van der Waals surface area contributed by atoms with Crippen molar-refractivity contribution in [1.82, 2.24) is 0 Å². The highest BCUT2D eigenvalue weighted by molar-refractivity contribution is 9.10. The zero-order valence-corrected chi connectivity index (χ0v) is 14.9. The number of benzene rings is 2. The van der Waals surface area contributed by atoms with E-state index in [0.717, 1.165) is 16.8 Å². The van der Waals surface area contributed by atoms with Crippen molar-refractivity contribution in [2.45, 2.75) is 6.54 Å². The second-order valence-electron chi connectivity index (χ2n) is 5.44. The van der Waals surface area contributed by atoms with Crippen molar-refractivity contribution in [3.05, 3.63) is 94.2 Å². The molecule has 120 valence electrons. The largest absolute Gasteiger partial charge is 0.497 e. The summed E-state index contributed by atoms with van der Waals surface area (Å²) in [6.07, 6.45) is 3.85. The van der Waals surface area contributed by atoms with Crippen molar-refractivity contribution in [1.29, 1.82) is 0 Å². The maximum Gasteiger partial charge on any atom is 0.193 e. The fraction of sp³-hybridized carbons (Fsp3) is 0.100. The summed E-state index contributed by atoms with van der Waals surface area (Å²) in [6.45, 7) is 0.747. The molecule has 24 heavy (non-hydrogen) atoms. The van der Waals surface area contributed by atoms with E-state index in [1.807, 2.05) is 77.6 Å². The lowest BCUT2D eigenvalue weighted by atomic mass is 10.0. The third-order valence-corrected chi connectivity index (χ3v) is 4.31. The highest BCUT2D eigenvalue weighted by Gasteiger charge is 2.11. The molecule has 3 nitrogen and oxygen atoms in total. The van der Waals surface area contributed by atoms with Crippen molar-refractivity contribution >= 4 is 21.7 Å². The summed E-state index contributed by atoms with van der Waals surface area (Å²) in [4.78, 5) is 12.5. The van der Waals surface area contributed by atoms with Gasteiger partial charge in [0.1, 0.15) is 5.75 Å². The molecule has 0 amide bonds. The highest BCUT2D eigenvalue weighted by atomic mass is 79.9. The number of nitrogens with zero attached hydrogens (tertiary/aromatic N) is 1. The predicted octanol–water partition coefficient (Wildman–Crippen LogP) is 4.02. The first-order valence-corrected chi connectivity index (χ1v) is 8.37. The topological polar surface area (TPSA) is 30.2 Å². The lowest BCUT2D eigenvalue weighted by Gasteiger charge is -2.03. The van der Waals surface area contributed by atoms with Crippen LogP contribution in [-0.2, 0) is 6.54 Å². The first kappa shape index (κ1) is 16.4. The molecular formula is C20H17BrNO2+. The quantitative estimate of drug-likeness (QED) is 0.492. The number of hydrogen-bond acceptors (Lipinski definition) is 2. The maximum atomic E-state index is 12.5. The smallest absolute Gasteiger partial charge is 0.193 e. The summed E-state index contributed by atoms with van der Waals surface area (Å²) in [5, 5.41) is 0. The molecule has 0 bridgehead atoms. The molecule has 0 fully saturated rings. The van der Waals surface area contributed by atoms with Crippen LogP contribution in [0.25, 0.3) is 0 Å². The SMILES string of the molecule is COc1ccc(C[n+]2ccc(C(=O)c3ccc(Br)cc3)cc2)cc1. The van der Waals surface area contributed by atoms with E-state index in [2.05, 4.69) is 15.9 Å². The molecule has 1 aromatic heterocycles. The van der Waals surface area contributed by atoms with E-state index >= 15 is 0 Å². The fourth-order valence-corrected chi connectivity index (χ4v) is 2.69. The Morgan fingerprint density at radius 1 is 0.917 bits per heavy atom. The Balaban J connectivity index is 1.72. The van der Waals surface area contributed by atoms with E-state index in [-0.39, 0.29) is 5.78 Å². The van der Waals surface area contributed by atoms with E-state index in [0.29, 0.717) is 11.1 Å². The first-order chi connectivity index (χ1) is 11.7. The van der Waals surface area contributed by atoms with Gasteiger partial charge < -0.3 is 4.74 Å². The summed E-state index contributed by atoms with van der Waals surface area (Å²) in [5.74, 6) is 0.873. The van der Waals surface area contributed by atoms with Crippen LogP contribution < -0.4 is 9.30 Å². The number of aromatic nitrogens is 1.